The average Bonchev–Trinajstić information content (AvgIpc) is 2.40. The van der Waals surface area contributed by atoms with Crippen molar-refractivity contribution in [1.82, 2.24) is 0 Å². The van der Waals surface area contributed by atoms with Gasteiger partial charge in [-0.3, -0.25) is 4.79 Å². The fraction of sp³-hybridized carbons (Fsp3) is 0.0714. The lowest BCUT2D eigenvalue weighted by Gasteiger charge is -2.16. The minimum atomic E-state index is -4.65. The molecule has 0 heterocycles. The van der Waals surface area contributed by atoms with E-state index in [1.54, 1.807) is 0 Å². The number of amides is 1. The molecule has 21 heavy (non-hydrogen) atoms. The molecule has 0 aromatic heterocycles. The molecule has 0 spiro atoms. The number of halogens is 3. The zero-order valence-electron chi connectivity index (χ0n) is 10.7. The Morgan fingerprint density at radius 3 is 2.19 bits per heavy atom. The van der Waals surface area contributed by atoms with Gasteiger partial charge < -0.3 is 17.2 Å². The van der Waals surface area contributed by atoms with Crippen LogP contribution in [0.2, 0.25) is 0 Å². The molecule has 0 saturated carbocycles. The van der Waals surface area contributed by atoms with Crippen LogP contribution in [-0.4, -0.2) is 5.91 Å². The van der Waals surface area contributed by atoms with Crippen molar-refractivity contribution in [2.45, 2.75) is 6.18 Å². The molecule has 1 amide bonds. The predicted molar refractivity (Wildman–Crippen MR) is 74.2 cm³/mol. The van der Waals surface area contributed by atoms with Crippen molar-refractivity contribution in [1.29, 1.82) is 0 Å². The van der Waals surface area contributed by atoms with Crippen LogP contribution < -0.4 is 17.2 Å². The zero-order valence-corrected chi connectivity index (χ0v) is 10.7. The van der Waals surface area contributed by atoms with Crippen LogP contribution in [0.4, 0.5) is 24.5 Å². The highest BCUT2D eigenvalue weighted by atomic mass is 19.4. The lowest BCUT2D eigenvalue weighted by Crippen LogP contribution is -2.14. The van der Waals surface area contributed by atoms with Crippen LogP contribution in [0, 0.1) is 0 Å². The van der Waals surface area contributed by atoms with Crippen LogP contribution in [0.3, 0.4) is 0 Å². The summed E-state index contributed by atoms with van der Waals surface area (Å²) < 4.78 is 39.6. The Labute approximate surface area is 118 Å². The van der Waals surface area contributed by atoms with Gasteiger partial charge in [0.15, 0.2) is 0 Å². The first-order valence-corrected chi connectivity index (χ1v) is 5.86. The highest BCUT2D eigenvalue weighted by Gasteiger charge is 2.34. The lowest BCUT2D eigenvalue weighted by molar-refractivity contribution is -0.137. The molecule has 0 aliphatic rings. The molecule has 0 fully saturated rings. The molecule has 2 aromatic carbocycles. The topological polar surface area (TPSA) is 95.1 Å². The van der Waals surface area contributed by atoms with Crippen LogP contribution in [0.15, 0.2) is 36.4 Å². The molecular weight excluding hydrogens is 283 g/mol. The van der Waals surface area contributed by atoms with E-state index in [1.807, 2.05) is 0 Å². The largest absolute Gasteiger partial charge is 0.417 e. The van der Waals surface area contributed by atoms with Gasteiger partial charge in [-0.05, 0) is 35.9 Å². The van der Waals surface area contributed by atoms with E-state index in [-0.39, 0.29) is 28.1 Å². The van der Waals surface area contributed by atoms with Crippen molar-refractivity contribution in [3.05, 3.63) is 47.5 Å². The molecule has 0 radical (unpaired) electrons. The SMILES string of the molecule is NC(=O)c1ccc(-c2cc(N)ccc2N)c(C(F)(F)F)c1. The molecule has 0 aliphatic carbocycles. The van der Waals surface area contributed by atoms with Crippen LogP contribution in [0.1, 0.15) is 15.9 Å². The monoisotopic (exact) mass is 295 g/mol. The first-order chi connectivity index (χ1) is 9.70. The third-order valence-corrected chi connectivity index (χ3v) is 2.98. The summed E-state index contributed by atoms with van der Waals surface area (Å²) in [5.74, 6) is -0.937. The molecule has 0 atom stereocenters. The fourth-order valence-electron chi connectivity index (χ4n) is 1.97. The second-order valence-electron chi connectivity index (χ2n) is 4.47. The average molecular weight is 295 g/mol. The summed E-state index contributed by atoms with van der Waals surface area (Å²) in [6.07, 6.45) is -4.65. The fourth-order valence-corrected chi connectivity index (χ4v) is 1.97. The Bertz CT molecular complexity index is 711. The minimum Gasteiger partial charge on any atom is -0.399 e. The molecule has 2 rings (SSSR count). The van der Waals surface area contributed by atoms with Gasteiger partial charge >= 0.3 is 6.18 Å². The van der Waals surface area contributed by atoms with Crippen LogP contribution in [0.25, 0.3) is 11.1 Å². The van der Waals surface area contributed by atoms with E-state index in [2.05, 4.69) is 0 Å². The number of carbonyl (C=O) groups excluding carboxylic acids is 1. The maximum Gasteiger partial charge on any atom is 0.417 e. The molecule has 6 N–H and O–H groups in total. The molecule has 0 unspecified atom stereocenters. The van der Waals surface area contributed by atoms with Gasteiger partial charge in [0.25, 0.3) is 0 Å². The van der Waals surface area contributed by atoms with Gasteiger partial charge in [-0.1, -0.05) is 6.07 Å². The summed E-state index contributed by atoms with van der Waals surface area (Å²) in [5, 5.41) is 0. The first kappa shape index (κ1) is 14.7. The minimum absolute atomic E-state index is 0.151. The van der Waals surface area contributed by atoms with Gasteiger partial charge in [0.2, 0.25) is 5.91 Å². The van der Waals surface area contributed by atoms with Crippen molar-refractivity contribution in [3.63, 3.8) is 0 Å². The van der Waals surface area contributed by atoms with E-state index in [4.69, 9.17) is 17.2 Å². The van der Waals surface area contributed by atoms with E-state index in [9.17, 15) is 18.0 Å². The summed E-state index contributed by atoms with van der Waals surface area (Å²) >= 11 is 0. The first-order valence-electron chi connectivity index (χ1n) is 5.86. The Hall–Kier alpha value is -2.70. The van der Waals surface area contributed by atoms with E-state index < -0.39 is 17.6 Å². The number of rotatable bonds is 2. The number of alkyl halides is 3. The van der Waals surface area contributed by atoms with Crippen LogP contribution in [-0.2, 0) is 6.18 Å². The van der Waals surface area contributed by atoms with Gasteiger partial charge in [-0.25, -0.2) is 0 Å². The summed E-state index contributed by atoms with van der Waals surface area (Å²) in [5.41, 5.74) is 15.5. The summed E-state index contributed by atoms with van der Waals surface area (Å²) in [6.45, 7) is 0. The third-order valence-electron chi connectivity index (χ3n) is 2.98. The normalized spacial score (nSPS) is 11.4. The quantitative estimate of drug-likeness (QED) is 0.743. The lowest BCUT2D eigenvalue weighted by atomic mass is 9.95. The van der Waals surface area contributed by atoms with Gasteiger partial charge in [-0.15, -0.1) is 0 Å². The third kappa shape index (κ3) is 2.91. The van der Waals surface area contributed by atoms with Gasteiger partial charge in [0.05, 0.1) is 5.56 Å². The number of nitrogen functional groups attached to an aromatic ring is 2. The standard InChI is InChI=1S/C14H12F3N3O/c15-14(16,17)11-5-7(13(20)21)1-3-9(11)10-6-8(18)2-4-12(10)19/h1-6H,18-19H2,(H2,20,21). The summed E-state index contributed by atoms with van der Waals surface area (Å²) in [6, 6.07) is 7.35. The van der Waals surface area contributed by atoms with E-state index in [0.717, 1.165) is 6.07 Å². The number of primary amides is 1. The predicted octanol–water partition coefficient (Wildman–Crippen LogP) is 2.64. The number of carbonyl (C=O) groups is 1. The maximum absolute atomic E-state index is 13.2. The molecule has 0 aliphatic heterocycles. The zero-order chi connectivity index (χ0) is 15.8. The Balaban J connectivity index is 2.74. The number of hydrogen-bond donors (Lipinski definition) is 3. The molecule has 7 heteroatoms. The van der Waals surface area contributed by atoms with E-state index >= 15 is 0 Å². The number of hydrogen-bond acceptors (Lipinski definition) is 3. The van der Waals surface area contributed by atoms with Crippen LogP contribution >= 0.6 is 0 Å². The Morgan fingerprint density at radius 2 is 1.62 bits per heavy atom. The van der Waals surface area contributed by atoms with Crippen LogP contribution in [0.5, 0.6) is 0 Å². The highest BCUT2D eigenvalue weighted by molar-refractivity contribution is 5.94. The molecule has 0 saturated heterocycles. The van der Waals surface area contributed by atoms with Gasteiger partial charge in [0.1, 0.15) is 0 Å². The van der Waals surface area contributed by atoms with Crippen molar-refractivity contribution < 1.29 is 18.0 Å². The smallest absolute Gasteiger partial charge is 0.399 e. The number of benzene rings is 2. The Morgan fingerprint density at radius 1 is 0.952 bits per heavy atom. The van der Waals surface area contributed by atoms with Crippen molar-refractivity contribution in [3.8, 4) is 11.1 Å². The van der Waals surface area contributed by atoms with E-state index in [1.165, 1.54) is 24.3 Å². The molecule has 0 bridgehead atoms. The van der Waals surface area contributed by atoms with Crippen molar-refractivity contribution >= 4 is 17.3 Å². The van der Waals surface area contributed by atoms with Crippen molar-refractivity contribution in [2.75, 3.05) is 11.5 Å². The second kappa shape index (κ2) is 5.01. The Kier molecular flexibility index (Phi) is 3.51. The van der Waals surface area contributed by atoms with Crippen molar-refractivity contribution in [2.24, 2.45) is 5.73 Å². The van der Waals surface area contributed by atoms with Gasteiger partial charge in [-0.2, -0.15) is 13.2 Å². The van der Waals surface area contributed by atoms with Gasteiger partial charge in [0, 0.05) is 22.5 Å². The second-order valence-corrected chi connectivity index (χ2v) is 4.47. The molecule has 4 nitrogen and oxygen atoms in total. The number of anilines is 2. The molecular formula is C14H12F3N3O. The van der Waals surface area contributed by atoms with E-state index in [0.29, 0.717) is 6.07 Å². The molecule has 110 valence electrons. The summed E-state index contributed by atoms with van der Waals surface area (Å²) in [7, 11) is 0. The maximum atomic E-state index is 13.2. The molecule has 2 aromatic rings. The highest BCUT2D eigenvalue weighted by Crippen LogP contribution is 2.40. The summed E-state index contributed by atoms with van der Waals surface area (Å²) in [4.78, 5) is 11.1. The number of nitrogens with two attached hydrogens (primary N) is 3.